The molecule has 1 aromatic heterocycles. The second-order valence-electron chi connectivity index (χ2n) is 6.42. The van der Waals surface area contributed by atoms with Crippen molar-refractivity contribution in [2.45, 2.75) is 26.8 Å². The number of nitrogens with zero attached hydrogens (tertiary/aromatic N) is 3. The predicted molar refractivity (Wildman–Crippen MR) is 102 cm³/mol. The Morgan fingerprint density at radius 2 is 1.77 bits per heavy atom. The van der Waals surface area contributed by atoms with Crippen molar-refractivity contribution in [1.82, 2.24) is 20.1 Å². The van der Waals surface area contributed by atoms with Gasteiger partial charge in [0, 0.05) is 12.7 Å². The molecule has 6 nitrogen and oxygen atoms in total. The summed E-state index contributed by atoms with van der Waals surface area (Å²) in [6.45, 7) is 5.85. The topological polar surface area (TPSA) is 71.8 Å². The van der Waals surface area contributed by atoms with Crippen molar-refractivity contribution in [3.8, 4) is 0 Å². The molecule has 0 aliphatic carbocycles. The molecule has 26 heavy (non-hydrogen) atoms. The molecule has 0 fully saturated rings. The highest BCUT2D eigenvalue weighted by molar-refractivity contribution is 5.90. The molecule has 0 spiro atoms. The van der Waals surface area contributed by atoms with Crippen molar-refractivity contribution >= 4 is 11.7 Å². The van der Waals surface area contributed by atoms with Gasteiger partial charge in [-0.15, -0.1) is 10.2 Å². The van der Waals surface area contributed by atoms with Crippen LogP contribution in [0, 0.1) is 20.8 Å². The van der Waals surface area contributed by atoms with E-state index in [0.29, 0.717) is 5.82 Å². The Morgan fingerprint density at radius 1 is 1.04 bits per heavy atom. The number of aryl methyl sites for hydroxylation is 3. The van der Waals surface area contributed by atoms with Crippen molar-refractivity contribution in [3.05, 3.63) is 76.9 Å². The number of carbonyl (C=O) groups is 1. The van der Waals surface area contributed by atoms with Crippen LogP contribution in [0.4, 0.5) is 10.5 Å². The lowest BCUT2D eigenvalue weighted by molar-refractivity contribution is 0.249. The van der Waals surface area contributed by atoms with Gasteiger partial charge in [-0.25, -0.2) is 4.79 Å². The summed E-state index contributed by atoms with van der Waals surface area (Å²) < 4.78 is 1.88. The summed E-state index contributed by atoms with van der Waals surface area (Å²) in [5.74, 6) is 1.47. The number of rotatable bonds is 4. The number of anilines is 1. The van der Waals surface area contributed by atoms with Gasteiger partial charge in [-0.2, -0.15) is 0 Å². The Morgan fingerprint density at radius 3 is 2.42 bits per heavy atom. The second kappa shape index (κ2) is 7.39. The first kappa shape index (κ1) is 17.7. The molecule has 2 aromatic carbocycles. The Hall–Kier alpha value is -3.15. The van der Waals surface area contributed by atoms with Crippen molar-refractivity contribution in [1.29, 1.82) is 0 Å². The zero-order valence-corrected chi connectivity index (χ0v) is 15.4. The van der Waals surface area contributed by atoms with Crippen LogP contribution in [-0.4, -0.2) is 20.8 Å². The van der Waals surface area contributed by atoms with Crippen LogP contribution in [0.1, 0.15) is 34.4 Å². The minimum absolute atomic E-state index is 0.284. The minimum atomic E-state index is -0.396. The second-order valence-corrected chi connectivity index (χ2v) is 6.42. The first-order valence-corrected chi connectivity index (χ1v) is 8.51. The molecule has 0 unspecified atom stereocenters. The molecule has 3 rings (SSSR count). The summed E-state index contributed by atoms with van der Waals surface area (Å²) in [6.07, 6.45) is 0. The number of aromatic nitrogens is 3. The highest BCUT2D eigenvalue weighted by Crippen LogP contribution is 2.21. The van der Waals surface area contributed by atoms with Crippen LogP contribution in [0.15, 0.2) is 48.5 Å². The van der Waals surface area contributed by atoms with Crippen LogP contribution in [-0.2, 0) is 7.05 Å². The number of hydrogen-bond donors (Lipinski definition) is 2. The maximum absolute atomic E-state index is 12.7. The third kappa shape index (κ3) is 3.74. The standard InChI is InChI=1S/C20H23N5O/c1-13-10-11-14(2)17(12-13)21-20(26)22-18(16-8-6-5-7-9-16)19-24-23-15(3)25(19)4/h5-12,18H,1-4H3,(H2,21,22,26)/t18-/m0/s1. The molecule has 0 aliphatic heterocycles. The highest BCUT2D eigenvalue weighted by Gasteiger charge is 2.22. The quantitative estimate of drug-likeness (QED) is 0.755. The van der Waals surface area contributed by atoms with Gasteiger partial charge in [0.2, 0.25) is 0 Å². The van der Waals surface area contributed by atoms with E-state index in [2.05, 4.69) is 20.8 Å². The molecule has 0 saturated carbocycles. The average molecular weight is 349 g/mol. The number of benzene rings is 2. The molecule has 0 bridgehead atoms. The van der Waals surface area contributed by atoms with Gasteiger partial charge in [-0.05, 0) is 43.5 Å². The molecule has 134 valence electrons. The van der Waals surface area contributed by atoms with Crippen LogP contribution in [0.5, 0.6) is 0 Å². The molecule has 2 amide bonds. The molecule has 1 atom stereocenters. The number of hydrogen-bond acceptors (Lipinski definition) is 3. The third-order valence-corrected chi connectivity index (χ3v) is 4.43. The van der Waals surface area contributed by atoms with Gasteiger partial charge >= 0.3 is 6.03 Å². The lowest BCUT2D eigenvalue weighted by Gasteiger charge is -2.19. The third-order valence-electron chi connectivity index (χ3n) is 4.43. The number of carbonyl (C=O) groups excluding carboxylic acids is 1. The van der Waals surface area contributed by atoms with Crippen LogP contribution in [0.3, 0.4) is 0 Å². The zero-order valence-electron chi connectivity index (χ0n) is 15.4. The first-order chi connectivity index (χ1) is 12.5. The van der Waals surface area contributed by atoms with Gasteiger partial charge < -0.3 is 15.2 Å². The Bertz CT molecular complexity index is 917. The van der Waals surface area contributed by atoms with E-state index in [-0.39, 0.29) is 6.03 Å². The van der Waals surface area contributed by atoms with Crippen molar-refractivity contribution in [3.63, 3.8) is 0 Å². The predicted octanol–water partition coefficient (Wildman–Crippen LogP) is 3.65. The number of amides is 2. The highest BCUT2D eigenvalue weighted by atomic mass is 16.2. The first-order valence-electron chi connectivity index (χ1n) is 8.51. The molecular formula is C20H23N5O. The summed E-state index contributed by atoms with van der Waals surface area (Å²) in [7, 11) is 1.89. The van der Waals surface area contributed by atoms with E-state index in [0.717, 1.165) is 28.2 Å². The summed E-state index contributed by atoms with van der Waals surface area (Å²) >= 11 is 0. The van der Waals surface area contributed by atoms with Crippen molar-refractivity contribution in [2.75, 3.05) is 5.32 Å². The van der Waals surface area contributed by atoms with Gasteiger partial charge in [0.25, 0.3) is 0 Å². The van der Waals surface area contributed by atoms with Crippen LogP contribution >= 0.6 is 0 Å². The van der Waals surface area contributed by atoms with Crippen LogP contribution < -0.4 is 10.6 Å². The van der Waals surface area contributed by atoms with Gasteiger partial charge in [0.15, 0.2) is 5.82 Å². The summed E-state index contributed by atoms with van der Waals surface area (Å²) in [6, 6.07) is 15.0. The molecule has 3 aromatic rings. The summed E-state index contributed by atoms with van der Waals surface area (Å²) in [5, 5.41) is 14.3. The maximum Gasteiger partial charge on any atom is 0.320 e. The molecule has 6 heteroatoms. The van der Waals surface area contributed by atoms with E-state index in [1.54, 1.807) is 0 Å². The van der Waals surface area contributed by atoms with Crippen molar-refractivity contribution in [2.24, 2.45) is 7.05 Å². The Labute approximate surface area is 153 Å². The van der Waals surface area contributed by atoms with Crippen LogP contribution in [0.25, 0.3) is 0 Å². The van der Waals surface area contributed by atoms with Gasteiger partial charge in [0.1, 0.15) is 11.9 Å². The van der Waals surface area contributed by atoms with Gasteiger partial charge in [-0.1, -0.05) is 42.5 Å². The van der Waals surface area contributed by atoms with E-state index in [1.807, 2.05) is 80.9 Å². The smallest absolute Gasteiger partial charge is 0.320 e. The normalized spacial score (nSPS) is 11.8. The molecule has 0 saturated heterocycles. The largest absolute Gasteiger partial charge is 0.324 e. The summed E-state index contributed by atoms with van der Waals surface area (Å²) in [4.78, 5) is 12.7. The van der Waals surface area contributed by atoms with E-state index in [1.165, 1.54) is 0 Å². The molecule has 2 N–H and O–H groups in total. The van der Waals surface area contributed by atoms with E-state index >= 15 is 0 Å². The van der Waals surface area contributed by atoms with Crippen LogP contribution in [0.2, 0.25) is 0 Å². The zero-order chi connectivity index (χ0) is 18.7. The number of nitrogens with one attached hydrogen (secondary N) is 2. The molecule has 0 aliphatic rings. The molecular weight excluding hydrogens is 326 g/mol. The van der Waals surface area contributed by atoms with Gasteiger partial charge in [0.05, 0.1) is 0 Å². The summed E-state index contributed by atoms with van der Waals surface area (Å²) in [5.41, 5.74) is 3.84. The molecule has 1 heterocycles. The SMILES string of the molecule is Cc1ccc(C)c(NC(=O)N[C@@H](c2ccccc2)c2nnc(C)n2C)c1. The Kier molecular flexibility index (Phi) is 5.02. The fourth-order valence-corrected chi connectivity index (χ4v) is 2.78. The number of urea groups is 1. The fourth-order valence-electron chi connectivity index (χ4n) is 2.78. The Balaban J connectivity index is 1.87. The van der Waals surface area contributed by atoms with E-state index < -0.39 is 6.04 Å². The maximum atomic E-state index is 12.7. The van der Waals surface area contributed by atoms with E-state index in [4.69, 9.17) is 0 Å². The lowest BCUT2D eigenvalue weighted by atomic mass is 10.1. The lowest BCUT2D eigenvalue weighted by Crippen LogP contribution is -2.34. The van der Waals surface area contributed by atoms with E-state index in [9.17, 15) is 4.79 Å². The van der Waals surface area contributed by atoms with Gasteiger partial charge in [-0.3, -0.25) is 0 Å². The monoisotopic (exact) mass is 349 g/mol. The average Bonchev–Trinajstić information content (AvgIpc) is 2.96. The van der Waals surface area contributed by atoms with Crippen molar-refractivity contribution < 1.29 is 4.79 Å². The fraction of sp³-hybridized carbons (Fsp3) is 0.250. The minimum Gasteiger partial charge on any atom is -0.324 e. The molecule has 0 radical (unpaired) electrons.